The van der Waals surface area contributed by atoms with Crippen LogP contribution in [0.3, 0.4) is 0 Å². The normalized spacial score (nSPS) is 15.2. The van der Waals surface area contributed by atoms with Crippen LogP contribution in [0.5, 0.6) is 0 Å². The molecule has 0 atom stereocenters. The molecule has 1 saturated carbocycles. The van der Waals surface area contributed by atoms with E-state index in [1.807, 2.05) is 6.92 Å². The maximum absolute atomic E-state index is 11.4. The molecule has 110 valence electrons. The third-order valence-electron chi connectivity index (χ3n) is 2.85. The molecule has 0 heterocycles. The highest BCUT2D eigenvalue weighted by Crippen LogP contribution is 2.28. The lowest BCUT2D eigenvalue weighted by atomic mass is 10.4. The van der Waals surface area contributed by atoms with Crippen molar-refractivity contribution in [3.05, 3.63) is 0 Å². The van der Waals surface area contributed by atoms with Crippen LogP contribution in [0.15, 0.2) is 4.99 Å². The van der Waals surface area contributed by atoms with Crippen molar-refractivity contribution in [2.75, 3.05) is 39.9 Å². The van der Waals surface area contributed by atoms with E-state index in [0.29, 0.717) is 13.1 Å². The van der Waals surface area contributed by atoms with Crippen LogP contribution < -0.4 is 16.0 Å². The van der Waals surface area contributed by atoms with Gasteiger partial charge in [-0.3, -0.25) is 9.79 Å². The number of amides is 1. The number of aliphatic imine (C=N–C) groups is 1. The Labute approximate surface area is 115 Å². The molecule has 0 aromatic rings. The third-order valence-corrected chi connectivity index (χ3v) is 2.85. The van der Waals surface area contributed by atoms with Gasteiger partial charge < -0.3 is 20.7 Å². The van der Waals surface area contributed by atoms with Gasteiger partial charge in [0.15, 0.2) is 5.96 Å². The summed E-state index contributed by atoms with van der Waals surface area (Å²) in [6.45, 7) is 5.65. The van der Waals surface area contributed by atoms with E-state index in [1.54, 1.807) is 7.05 Å². The average molecular weight is 270 g/mol. The number of nitrogens with one attached hydrogen (secondary N) is 3. The summed E-state index contributed by atoms with van der Waals surface area (Å²) < 4.78 is 5.25. The number of nitrogens with zero attached hydrogens (tertiary/aromatic N) is 1. The molecule has 1 aliphatic rings. The third kappa shape index (κ3) is 7.66. The van der Waals surface area contributed by atoms with Crippen LogP contribution in [0.4, 0.5) is 0 Å². The van der Waals surface area contributed by atoms with Crippen molar-refractivity contribution < 1.29 is 9.53 Å². The molecule has 0 aliphatic heterocycles. The second-order valence-electron chi connectivity index (χ2n) is 4.54. The first kappa shape index (κ1) is 15.8. The Balaban J connectivity index is 1.96. The standard InChI is InChI=1S/C13H26N4O2/c1-3-19-10-4-7-16-13(14-2)17-9-8-15-12(18)11-5-6-11/h11H,3-10H2,1-2H3,(H,15,18)(H2,14,16,17). The summed E-state index contributed by atoms with van der Waals surface area (Å²) in [5.41, 5.74) is 0. The Hall–Kier alpha value is -1.30. The zero-order valence-corrected chi connectivity index (χ0v) is 12.0. The lowest BCUT2D eigenvalue weighted by Crippen LogP contribution is -2.42. The molecule has 1 rings (SSSR count). The zero-order valence-electron chi connectivity index (χ0n) is 12.0. The maximum Gasteiger partial charge on any atom is 0.223 e. The van der Waals surface area contributed by atoms with Crippen LogP contribution >= 0.6 is 0 Å². The van der Waals surface area contributed by atoms with E-state index < -0.39 is 0 Å². The highest BCUT2D eigenvalue weighted by molar-refractivity contribution is 5.81. The Morgan fingerprint density at radius 1 is 1.21 bits per heavy atom. The van der Waals surface area contributed by atoms with Crippen LogP contribution in [0, 0.1) is 5.92 Å². The quantitative estimate of drug-likeness (QED) is 0.316. The van der Waals surface area contributed by atoms with Crippen molar-refractivity contribution in [1.29, 1.82) is 0 Å². The predicted octanol–water partition coefficient (Wildman–Crippen LogP) is 0.104. The molecular weight excluding hydrogens is 244 g/mol. The minimum Gasteiger partial charge on any atom is -0.382 e. The van der Waals surface area contributed by atoms with Gasteiger partial charge in [0.25, 0.3) is 0 Å². The summed E-state index contributed by atoms with van der Waals surface area (Å²) >= 11 is 0. The fraction of sp³-hybridized carbons (Fsp3) is 0.846. The Bertz CT molecular complexity index is 290. The van der Waals surface area contributed by atoms with Crippen molar-refractivity contribution in [2.45, 2.75) is 26.2 Å². The van der Waals surface area contributed by atoms with Gasteiger partial charge in [-0.1, -0.05) is 0 Å². The van der Waals surface area contributed by atoms with Gasteiger partial charge in [0, 0.05) is 45.8 Å². The molecule has 0 bridgehead atoms. The Kier molecular flexibility index (Phi) is 7.97. The molecule has 0 spiro atoms. The van der Waals surface area contributed by atoms with E-state index >= 15 is 0 Å². The summed E-state index contributed by atoms with van der Waals surface area (Å²) in [4.78, 5) is 15.5. The van der Waals surface area contributed by atoms with Gasteiger partial charge in [-0.15, -0.1) is 0 Å². The van der Waals surface area contributed by atoms with Gasteiger partial charge in [-0.25, -0.2) is 0 Å². The van der Waals surface area contributed by atoms with Gasteiger partial charge >= 0.3 is 0 Å². The number of hydrogen-bond donors (Lipinski definition) is 3. The summed E-state index contributed by atoms with van der Waals surface area (Å²) in [6, 6.07) is 0. The molecule has 6 nitrogen and oxygen atoms in total. The molecule has 19 heavy (non-hydrogen) atoms. The average Bonchev–Trinajstić information content (AvgIpc) is 3.25. The highest BCUT2D eigenvalue weighted by atomic mass is 16.5. The first-order valence-corrected chi connectivity index (χ1v) is 7.08. The van der Waals surface area contributed by atoms with Gasteiger partial charge in [0.05, 0.1) is 0 Å². The van der Waals surface area contributed by atoms with E-state index in [4.69, 9.17) is 4.74 Å². The van der Waals surface area contributed by atoms with Crippen LogP contribution in [-0.2, 0) is 9.53 Å². The monoisotopic (exact) mass is 270 g/mol. The van der Waals surface area contributed by atoms with Gasteiger partial charge in [0.2, 0.25) is 5.91 Å². The Morgan fingerprint density at radius 3 is 2.53 bits per heavy atom. The van der Waals surface area contributed by atoms with Crippen molar-refractivity contribution in [2.24, 2.45) is 10.9 Å². The van der Waals surface area contributed by atoms with Crippen LogP contribution in [0.1, 0.15) is 26.2 Å². The number of carbonyl (C=O) groups is 1. The second-order valence-corrected chi connectivity index (χ2v) is 4.54. The SMILES string of the molecule is CCOCCCNC(=NC)NCCNC(=O)C1CC1. The molecule has 6 heteroatoms. The molecule has 1 amide bonds. The number of ether oxygens (including phenoxy) is 1. The highest BCUT2D eigenvalue weighted by Gasteiger charge is 2.28. The van der Waals surface area contributed by atoms with Crippen LogP contribution in [-0.4, -0.2) is 51.8 Å². The van der Waals surface area contributed by atoms with Gasteiger partial charge in [-0.05, 0) is 26.2 Å². The van der Waals surface area contributed by atoms with Gasteiger partial charge in [-0.2, -0.15) is 0 Å². The minimum atomic E-state index is 0.182. The number of hydrogen-bond acceptors (Lipinski definition) is 3. The molecule has 0 unspecified atom stereocenters. The van der Waals surface area contributed by atoms with Crippen molar-refractivity contribution in [3.8, 4) is 0 Å². The smallest absolute Gasteiger partial charge is 0.223 e. The number of carbonyl (C=O) groups excluding carboxylic acids is 1. The van der Waals surface area contributed by atoms with E-state index in [2.05, 4.69) is 20.9 Å². The van der Waals surface area contributed by atoms with Crippen molar-refractivity contribution >= 4 is 11.9 Å². The maximum atomic E-state index is 11.4. The van der Waals surface area contributed by atoms with E-state index in [-0.39, 0.29) is 11.8 Å². The van der Waals surface area contributed by atoms with Crippen LogP contribution in [0.2, 0.25) is 0 Å². The Morgan fingerprint density at radius 2 is 1.89 bits per heavy atom. The molecule has 0 aromatic heterocycles. The molecule has 0 radical (unpaired) electrons. The first-order chi connectivity index (χ1) is 9.27. The molecule has 0 aromatic carbocycles. The lowest BCUT2D eigenvalue weighted by Gasteiger charge is -2.12. The molecule has 1 aliphatic carbocycles. The van der Waals surface area contributed by atoms with Crippen LogP contribution in [0.25, 0.3) is 0 Å². The summed E-state index contributed by atoms with van der Waals surface area (Å²) in [5, 5.41) is 9.26. The summed E-state index contributed by atoms with van der Waals surface area (Å²) in [5.74, 6) is 1.22. The molecule has 0 saturated heterocycles. The second kappa shape index (κ2) is 9.61. The predicted molar refractivity (Wildman–Crippen MR) is 76.2 cm³/mol. The minimum absolute atomic E-state index is 0.182. The zero-order chi connectivity index (χ0) is 13.9. The van der Waals surface area contributed by atoms with E-state index in [1.165, 1.54) is 0 Å². The van der Waals surface area contributed by atoms with E-state index in [9.17, 15) is 4.79 Å². The van der Waals surface area contributed by atoms with Crippen molar-refractivity contribution in [3.63, 3.8) is 0 Å². The fourth-order valence-corrected chi connectivity index (χ4v) is 1.60. The largest absolute Gasteiger partial charge is 0.382 e. The fourth-order valence-electron chi connectivity index (χ4n) is 1.60. The van der Waals surface area contributed by atoms with E-state index in [0.717, 1.165) is 45.0 Å². The summed E-state index contributed by atoms with van der Waals surface area (Å²) in [6.07, 6.45) is 3.04. The van der Waals surface area contributed by atoms with Gasteiger partial charge in [0.1, 0.15) is 0 Å². The summed E-state index contributed by atoms with van der Waals surface area (Å²) in [7, 11) is 1.74. The molecule has 3 N–H and O–H groups in total. The number of rotatable bonds is 9. The lowest BCUT2D eigenvalue weighted by molar-refractivity contribution is -0.122. The topological polar surface area (TPSA) is 74.8 Å². The number of guanidine groups is 1. The van der Waals surface area contributed by atoms with Crippen molar-refractivity contribution in [1.82, 2.24) is 16.0 Å². The molecule has 1 fully saturated rings. The first-order valence-electron chi connectivity index (χ1n) is 7.08. The molecular formula is C13H26N4O2.